The minimum atomic E-state index is -0.562. The number of amides is 2. The second-order valence-corrected chi connectivity index (χ2v) is 8.02. The van der Waals surface area contributed by atoms with Crippen LogP contribution >= 0.6 is 0 Å². The Balaban J connectivity index is 1.81. The van der Waals surface area contributed by atoms with Crippen molar-refractivity contribution in [2.45, 2.75) is 52.2 Å². The Hall–Kier alpha value is -3.34. The van der Waals surface area contributed by atoms with E-state index < -0.39 is 6.04 Å². The molecule has 0 aliphatic heterocycles. The van der Waals surface area contributed by atoms with Gasteiger partial charge in [-0.3, -0.25) is 9.59 Å². The van der Waals surface area contributed by atoms with Gasteiger partial charge in [0.15, 0.2) is 6.61 Å². The Morgan fingerprint density at radius 1 is 0.906 bits per heavy atom. The van der Waals surface area contributed by atoms with Crippen LogP contribution in [-0.4, -0.2) is 35.4 Å². The maximum Gasteiger partial charge on any atom is 0.261 e. The van der Waals surface area contributed by atoms with Gasteiger partial charge in [-0.15, -0.1) is 0 Å². The molecule has 32 heavy (non-hydrogen) atoms. The average Bonchev–Trinajstić information content (AvgIpc) is 2.82. The van der Waals surface area contributed by atoms with Crippen LogP contribution in [0.5, 0.6) is 5.75 Å². The van der Waals surface area contributed by atoms with Crippen LogP contribution in [0.15, 0.2) is 72.8 Å². The highest BCUT2D eigenvalue weighted by Crippen LogP contribution is 2.25. The molecule has 5 heteroatoms. The number of carbonyl (C=O) groups is 2. The summed E-state index contributed by atoms with van der Waals surface area (Å²) in [6.07, 6.45) is 1.36. The first-order valence-electron chi connectivity index (χ1n) is 11.3. The van der Waals surface area contributed by atoms with Crippen LogP contribution in [0.3, 0.4) is 0 Å². The summed E-state index contributed by atoms with van der Waals surface area (Å²) in [5.41, 5.74) is 0.973. The molecule has 0 aromatic heterocycles. The molecular weight excluding hydrogens is 400 g/mol. The average molecular weight is 433 g/mol. The van der Waals surface area contributed by atoms with Crippen molar-refractivity contribution in [2.24, 2.45) is 0 Å². The first-order valence-corrected chi connectivity index (χ1v) is 11.3. The summed E-state index contributed by atoms with van der Waals surface area (Å²) >= 11 is 0. The van der Waals surface area contributed by atoms with E-state index in [2.05, 4.69) is 5.32 Å². The number of hydrogen-bond donors (Lipinski definition) is 1. The number of fused-ring (bicyclic) bond motifs is 1. The summed E-state index contributed by atoms with van der Waals surface area (Å²) in [6.45, 7) is 6.14. The zero-order valence-electron chi connectivity index (χ0n) is 19.1. The third-order valence-corrected chi connectivity index (χ3v) is 5.68. The minimum absolute atomic E-state index is 0.0529. The third-order valence-electron chi connectivity index (χ3n) is 5.68. The Morgan fingerprint density at radius 2 is 1.59 bits per heavy atom. The van der Waals surface area contributed by atoms with Crippen molar-refractivity contribution in [3.8, 4) is 5.75 Å². The molecule has 0 aliphatic rings. The molecule has 0 saturated carbocycles. The molecule has 0 heterocycles. The van der Waals surface area contributed by atoms with Crippen LogP contribution in [-0.2, 0) is 16.1 Å². The number of nitrogens with one attached hydrogen (secondary N) is 1. The molecule has 1 N–H and O–H groups in total. The lowest BCUT2D eigenvalue weighted by Gasteiger charge is -2.31. The van der Waals surface area contributed by atoms with E-state index in [1.54, 1.807) is 4.90 Å². The number of rotatable bonds is 10. The fraction of sp³-hybridized carbons (Fsp3) is 0.333. The maximum atomic E-state index is 13.3. The summed E-state index contributed by atoms with van der Waals surface area (Å²) in [7, 11) is 0. The van der Waals surface area contributed by atoms with Gasteiger partial charge in [-0.25, -0.2) is 0 Å². The topological polar surface area (TPSA) is 58.6 Å². The number of benzene rings is 3. The van der Waals surface area contributed by atoms with Gasteiger partial charge >= 0.3 is 0 Å². The molecule has 0 spiro atoms. The highest BCUT2D eigenvalue weighted by atomic mass is 16.5. The van der Waals surface area contributed by atoms with Gasteiger partial charge in [0, 0.05) is 18.0 Å². The largest absolute Gasteiger partial charge is 0.483 e. The quantitative estimate of drug-likeness (QED) is 0.494. The van der Waals surface area contributed by atoms with E-state index in [4.69, 9.17) is 4.74 Å². The van der Waals surface area contributed by atoms with Gasteiger partial charge in [0.2, 0.25) is 5.91 Å². The second kappa shape index (κ2) is 11.3. The Morgan fingerprint density at radius 3 is 2.31 bits per heavy atom. The van der Waals surface area contributed by atoms with Gasteiger partial charge < -0.3 is 15.0 Å². The van der Waals surface area contributed by atoms with Crippen LogP contribution in [0.2, 0.25) is 0 Å². The zero-order valence-corrected chi connectivity index (χ0v) is 19.1. The highest BCUT2D eigenvalue weighted by Gasteiger charge is 2.29. The van der Waals surface area contributed by atoms with Crippen molar-refractivity contribution in [1.82, 2.24) is 10.2 Å². The molecule has 0 radical (unpaired) electrons. The van der Waals surface area contributed by atoms with Crippen molar-refractivity contribution < 1.29 is 14.3 Å². The first kappa shape index (κ1) is 23.3. The van der Waals surface area contributed by atoms with E-state index in [1.807, 2.05) is 93.6 Å². The molecule has 0 saturated heterocycles. The Kier molecular flexibility index (Phi) is 8.26. The molecule has 0 unspecified atom stereocenters. The molecule has 2 amide bonds. The summed E-state index contributed by atoms with van der Waals surface area (Å²) in [4.78, 5) is 28.0. The van der Waals surface area contributed by atoms with Crippen LogP contribution in [0.25, 0.3) is 10.8 Å². The number of nitrogens with zero attached hydrogens (tertiary/aromatic N) is 1. The molecule has 2 atom stereocenters. The standard InChI is InChI=1S/C27H32N2O3/c1-4-20(3)28-27(31)24(5-2)29(18-21-12-7-6-8-13-21)26(30)19-32-25-17-11-15-22-14-9-10-16-23(22)25/h6-17,20,24H,4-5,18-19H2,1-3H3,(H,28,31)/t20-,24+/m1/s1. The highest BCUT2D eigenvalue weighted by molar-refractivity contribution is 5.90. The van der Waals surface area contributed by atoms with Gasteiger partial charge in [0.25, 0.3) is 5.91 Å². The minimum Gasteiger partial charge on any atom is -0.483 e. The van der Waals surface area contributed by atoms with E-state index in [0.717, 1.165) is 22.8 Å². The van der Waals surface area contributed by atoms with Crippen LogP contribution in [0, 0.1) is 0 Å². The van der Waals surface area contributed by atoms with Crippen molar-refractivity contribution in [1.29, 1.82) is 0 Å². The summed E-state index contributed by atoms with van der Waals surface area (Å²) in [5, 5.41) is 5.04. The lowest BCUT2D eigenvalue weighted by atomic mass is 10.1. The van der Waals surface area contributed by atoms with E-state index in [-0.39, 0.29) is 24.5 Å². The van der Waals surface area contributed by atoms with E-state index >= 15 is 0 Å². The molecule has 3 aromatic rings. The van der Waals surface area contributed by atoms with E-state index in [1.165, 1.54) is 0 Å². The molecular formula is C27H32N2O3. The van der Waals surface area contributed by atoms with Crippen LogP contribution in [0.4, 0.5) is 0 Å². The van der Waals surface area contributed by atoms with Crippen LogP contribution in [0.1, 0.15) is 39.2 Å². The SMILES string of the molecule is CC[C@@H](C)NC(=O)[C@H](CC)N(Cc1ccccc1)C(=O)COc1cccc2ccccc12. The van der Waals surface area contributed by atoms with E-state index in [0.29, 0.717) is 18.7 Å². The normalized spacial score (nSPS) is 12.7. The predicted octanol–water partition coefficient (Wildman–Crippen LogP) is 4.94. The number of ether oxygens (including phenoxy) is 1. The Bertz CT molecular complexity index is 1030. The van der Waals surface area contributed by atoms with Crippen LogP contribution < -0.4 is 10.1 Å². The summed E-state index contributed by atoms with van der Waals surface area (Å²) in [5.74, 6) is 0.317. The van der Waals surface area contributed by atoms with Crippen molar-refractivity contribution in [2.75, 3.05) is 6.61 Å². The molecule has 0 bridgehead atoms. The lowest BCUT2D eigenvalue weighted by Crippen LogP contribution is -2.51. The molecule has 0 aliphatic carbocycles. The number of hydrogen-bond acceptors (Lipinski definition) is 3. The van der Waals surface area contributed by atoms with E-state index in [9.17, 15) is 9.59 Å². The van der Waals surface area contributed by atoms with Crippen molar-refractivity contribution in [3.05, 3.63) is 78.4 Å². The molecule has 3 rings (SSSR count). The van der Waals surface area contributed by atoms with Gasteiger partial charge in [-0.2, -0.15) is 0 Å². The third kappa shape index (κ3) is 5.88. The monoisotopic (exact) mass is 432 g/mol. The molecule has 0 fully saturated rings. The van der Waals surface area contributed by atoms with Crippen molar-refractivity contribution >= 4 is 22.6 Å². The van der Waals surface area contributed by atoms with Gasteiger partial charge in [-0.05, 0) is 36.8 Å². The first-order chi connectivity index (χ1) is 15.5. The molecule has 168 valence electrons. The lowest BCUT2D eigenvalue weighted by molar-refractivity contribution is -0.143. The second-order valence-electron chi connectivity index (χ2n) is 8.02. The fourth-order valence-electron chi connectivity index (χ4n) is 3.68. The van der Waals surface area contributed by atoms with Gasteiger partial charge in [-0.1, -0.05) is 80.6 Å². The Labute approximate surface area is 190 Å². The molecule has 5 nitrogen and oxygen atoms in total. The predicted molar refractivity (Wildman–Crippen MR) is 128 cm³/mol. The van der Waals surface area contributed by atoms with Gasteiger partial charge in [0.1, 0.15) is 11.8 Å². The summed E-state index contributed by atoms with van der Waals surface area (Å²) in [6, 6.07) is 22.9. The molecule has 3 aromatic carbocycles. The fourth-order valence-corrected chi connectivity index (χ4v) is 3.68. The zero-order chi connectivity index (χ0) is 22.9. The van der Waals surface area contributed by atoms with Gasteiger partial charge in [0.05, 0.1) is 0 Å². The maximum absolute atomic E-state index is 13.3. The summed E-state index contributed by atoms with van der Waals surface area (Å²) < 4.78 is 5.95. The number of carbonyl (C=O) groups excluding carboxylic acids is 2. The smallest absolute Gasteiger partial charge is 0.261 e. The van der Waals surface area contributed by atoms with Crippen molar-refractivity contribution in [3.63, 3.8) is 0 Å².